The molecule has 0 bridgehead atoms. The van der Waals surface area contributed by atoms with Crippen molar-refractivity contribution in [3.8, 4) is 0 Å². The van der Waals surface area contributed by atoms with Gasteiger partial charge in [-0.1, -0.05) is 36.6 Å². The van der Waals surface area contributed by atoms with Crippen LogP contribution in [-0.2, 0) is 22.3 Å². The van der Waals surface area contributed by atoms with Crippen LogP contribution >= 0.6 is 11.6 Å². The van der Waals surface area contributed by atoms with E-state index in [1.165, 1.54) is 18.9 Å². The molecule has 2 unspecified atom stereocenters. The maximum Gasteiger partial charge on any atom is 0.417 e. The fourth-order valence-electron chi connectivity index (χ4n) is 4.10. The number of alkyl halides is 3. The molecule has 1 saturated heterocycles. The zero-order valence-corrected chi connectivity index (χ0v) is 18.5. The molecule has 1 aromatic carbocycles. The lowest BCUT2D eigenvalue weighted by Crippen LogP contribution is -2.42. The van der Waals surface area contributed by atoms with Gasteiger partial charge in [0.05, 0.1) is 10.6 Å². The Morgan fingerprint density at radius 1 is 1.06 bits per heavy atom. The van der Waals surface area contributed by atoms with Gasteiger partial charge in [-0.3, -0.25) is 4.90 Å². The van der Waals surface area contributed by atoms with Crippen LogP contribution in [0.3, 0.4) is 0 Å². The number of nitrogens with one attached hydrogen (secondary N) is 1. The third-order valence-corrected chi connectivity index (χ3v) is 6.29. The minimum absolute atomic E-state index is 0.144. The van der Waals surface area contributed by atoms with Crippen LogP contribution in [0.4, 0.5) is 13.2 Å². The lowest BCUT2D eigenvalue weighted by molar-refractivity contribution is -0.165. The molecule has 3 atom stereocenters. The molecule has 8 nitrogen and oxygen atoms in total. The second-order valence-corrected chi connectivity index (χ2v) is 8.48. The van der Waals surface area contributed by atoms with Crippen LogP contribution < -0.4 is 5.32 Å². The number of nitrogens with zero attached hydrogens (tertiary/aromatic N) is 1. The van der Waals surface area contributed by atoms with E-state index in [9.17, 15) is 22.8 Å². The number of benzene rings is 1. The Morgan fingerprint density at radius 2 is 1.64 bits per heavy atom. The van der Waals surface area contributed by atoms with Gasteiger partial charge in [0.1, 0.15) is 0 Å². The summed E-state index contributed by atoms with van der Waals surface area (Å²) in [6.45, 7) is 2.39. The lowest BCUT2D eigenvalue weighted by atomic mass is 10.0. The number of carbonyl (C=O) groups is 2. The largest absolute Gasteiger partial charge is 0.479 e. The SMILES string of the molecule is FC(F)(F)c1cccc(CN(C2CCCC2)[C@H]2CCNC2)c1Cl.O=C(O)C(O)C(O)C(=O)O. The number of carboxylic acid groups (broad SMARTS) is 2. The molecule has 12 heteroatoms. The maximum atomic E-state index is 13.1. The molecule has 186 valence electrons. The highest BCUT2D eigenvalue weighted by Gasteiger charge is 2.35. The Morgan fingerprint density at radius 3 is 2.09 bits per heavy atom. The third kappa shape index (κ3) is 7.54. The molecule has 0 spiro atoms. The number of halogens is 4. The average molecular weight is 497 g/mol. The van der Waals surface area contributed by atoms with Crippen LogP contribution in [0, 0.1) is 0 Å². The molecular weight excluding hydrogens is 469 g/mol. The highest BCUT2D eigenvalue weighted by Crippen LogP contribution is 2.37. The lowest BCUT2D eigenvalue weighted by Gasteiger charge is -2.34. The molecule has 3 rings (SSSR count). The highest BCUT2D eigenvalue weighted by atomic mass is 35.5. The van der Waals surface area contributed by atoms with E-state index in [4.69, 9.17) is 32.0 Å². The summed E-state index contributed by atoms with van der Waals surface area (Å²) in [6, 6.07) is 5.10. The summed E-state index contributed by atoms with van der Waals surface area (Å²) in [7, 11) is 0. The van der Waals surface area contributed by atoms with E-state index in [0.717, 1.165) is 38.4 Å². The van der Waals surface area contributed by atoms with Crippen molar-refractivity contribution in [3.63, 3.8) is 0 Å². The van der Waals surface area contributed by atoms with Gasteiger partial charge < -0.3 is 25.7 Å². The minimum Gasteiger partial charge on any atom is -0.479 e. The van der Waals surface area contributed by atoms with Crippen LogP contribution in [0.2, 0.25) is 5.02 Å². The molecule has 0 radical (unpaired) electrons. The number of aliphatic hydroxyl groups is 2. The third-order valence-electron chi connectivity index (χ3n) is 5.84. The minimum atomic E-state index is -4.40. The van der Waals surface area contributed by atoms with Gasteiger partial charge in [-0.05, 0) is 37.4 Å². The topological polar surface area (TPSA) is 130 Å². The van der Waals surface area contributed by atoms with E-state index in [1.807, 2.05) is 0 Å². The van der Waals surface area contributed by atoms with Gasteiger partial charge in [0.15, 0.2) is 12.2 Å². The van der Waals surface area contributed by atoms with E-state index in [-0.39, 0.29) is 5.02 Å². The molecule has 2 fully saturated rings. The smallest absolute Gasteiger partial charge is 0.417 e. The molecule has 5 N–H and O–H groups in total. The van der Waals surface area contributed by atoms with Crippen LogP contribution in [-0.4, -0.2) is 74.6 Å². The van der Waals surface area contributed by atoms with Gasteiger partial charge in [-0.2, -0.15) is 13.2 Å². The molecule has 0 amide bonds. The number of hydrogen-bond acceptors (Lipinski definition) is 6. The van der Waals surface area contributed by atoms with Crippen molar-refractivity contribution in [1.82, 2.24) is 10.2 Å². The number of hydrogen-bond donors (Lipinski definition) is 5. The summed E-state index contributed by atoms with van der Waals surface area (Å²) in [6.07, 6.45) is -3.21. The van der Waals surface area contributed by atoms with Crippen molar-refractivity contribution >= 4 is 23.5 Å². The number of aliphatic hydroxyl groups excluding tert-OH is 2. The monoisotopic (exact) mass is 496 g/mol. The van der Waals surface area contributed by atoms with E-state index >= 15 is 0 Å². The van der Waals surface area contributed by atoms with Gasteiger partial charge in [-0.15, -0.1) is 0 Å². The first-order chi connectivity index (χ1) is 15.4. The van der Waals surface area contributed by atoms with E-state index in [0.29, 0.717) is 24.2 Å². The van der Waals surface area contributed by atoms with Crippen molar-refractivity contribution < 1.29 is 43.2 Å². The Hall–Kier alpha value is -1.92. The first kappa shape index (κ1) is 27.3. The van der Waals surface area contributed by atoms with Gasteiger partial charge in [0, 0.05) is 25.2 Å². The predicted octanol–water partition coefficient (Wildman–Crippen LogP) is 2.34. The summed E-state index contributed by atoms with van der Waals surface area (Å²) in [5.74, 6) is -3.54. The fourth-order valence-corrected chi connectivity index (χ4v) is 4.40. The summed E-state index contributed by atoms with van der Waals surface area (Å²) in [4.78, 5) is 21.9. The molecule has 33 heavy (non-hydrogen) atoms. The first-order valence-electron chi connectivity index (χ1n) is 10.6. The molecule has 1 aliphatic carbocycles. The van der Waals surface area contributed by atoms with Crippen molar-refractivity contribution in [2.75, 3.05) is 13.1 Å². The van der Waals surface area contributed by atoms with Crippen LogP contribution in [0.15, 0.2) is 18.2 Å². The zero-order valence-electron chi connectivity index (χ0n) is 17.8. The number of rotatable bonds is 7. The first-order valence-corrected chi connectivity index (χ1v) is 10.9. The van der Waals surface area contributed by atoms with Gasteiger partial charge >= 0.3 is 18.1 Å². The predicted molar refractivity (Wildman–Crippen MR) is 113 cm³/mol. The average Bonchev–Trinajstić information content (AvgIpc) is 3.46. The second kappa shape index (κ2) is 12.0. The summed E-state index contributed by atoms with van der Waals surface area (Å²) in [5.41, 5.74) is -0.145. The Bertz CT molecular complexity index is 780. The van der Waals surface area contributed by atoms with Gasteiger partial charge in [0.2, 0.25) is 0 Å². The van der Waals surface area contributed by atoms with Gasteiger partial charge in [-0.25, -0.2) is 9.59 Å². The van der Waals surface area contributed by atoms with E-state index in [1.54, 1.807) is 6.07 Å². The van der Waals surface area contributed by atoms with Crippen molar-refractivity contribution in [2.45, 2.75) is 69.1 Å². The zero-order chi connectivity index (χ0) is 24.8. The van der Waals surface area contributed by atoms with Gasteiger partial charge in [0.25, 0.3) is 0 Å². The van der Waals surface area contributed by atoms with Crippen molar-refractivity contribution in [3.05, 3.63) is 34.3 Å². The molecule has 1 aliphatic heterocycles. The highest BCUT2D eigenvalue weighted by molar-refractivity contribution is 6.32. The van der Waals surface area contributed by atoms with Crippen LogP contribution in [0.5, 0.6) is 0 Å². The Balaban J connectivity index is 0.000000328. The molecule has 1 aromatic rings. The Kier molecular flexibility index (Phi) is 9.92. The quantitative estimate of drug-likeness (QED) is 0.389. The molecule has 2 aliphatic rings. The number of carboxylic acids is 2. The molecule has 0 aromatic heterocycles. The summed E-state index contributed by atoms with van der Waals surface area (Å²) >= 11 is 6.09. The normalized spacial score (nSPS) is 20.9. The molecule has 1 saturated carbocycles. The number of aliphatic carboxylic acids is 2. The van der Waals surface area contributed by atoms with E-state index < -0.39 is 35.9 Å². The summed E-state index contributed by atoms with van der Waals surface area (Å²) < 4.78 is 39.2. The molecule has 1 heterocycles. The second-order valence-electron chi connectivity index (χ2n) is 8.10. The Labute approximate surface area is 194 Å². The van der Waals surface area contributed by atoms with Crippen molar-refractivity contribution in [1.29, 1.82) is 0 Å². The van der Waals surface area contributed by atoms with E-state index in [2.05, 4.69) is 10.2 Å². The van der Waals surface area contributed by atoms with Crippen LogP contribution in [0.1, 0.15) is 43.2 Å². The summed E-state index contributed by atoms with van der Waals surface area (Å²) in [5, 5.41) is 35.7. The molecular formula is C21H28ClF3N2O6. The fraction of sp³-hybridized carbons (Fsp3) is 0.619. The maximum absolute atomic E-state index is 13.1. The standard InChI is InChI=1S/C17H22ClF3N2.C4H6O6/c18-16-12(4-3-7-15(16)17(19,20)21)11-23(13-5-1-2-6-13)14-8-9-22-10-14;5-1(3(7)8)2(6)4(9)10/h3-4,7,13-14,22H,1-2,5-6,8-11H2;1-2,5-6H,(H,7,8)(H,9,10)/t14-;/m0./s1. The van der Waals surface area contributed by atoms with Crippen molar-refractivity contribution in [2.24, 2.45) is 0 Å². The van der Waals surface area contributed by atoms with Crippen LogP contribution in [0.25, 0.3) is 0 Å².